The fraction of sp³-hybridized carbons (Fsp3) is 0.875. The fourth-order valence-corrected chi connectivity index (χ4v) is 2.35. The van der Waals surface area contributed by atoms with Crippen molar-refractivity contribution >= 4 is 0 Å². The van der Waals surface area contributed by atoms with Crippen LogP contribution in [-0.4, -0.2) is 97.5 Å². The third-order valence-corrected chi connectivity index (χ3v) is 4.29. The van der Waals surface area contributed by atoms with Gasteiger partial charge in [0.05, 0.1) is 31.0 Å². The van der Waals surface area contributed by atoms with Crippen molar-refractivity contribution in [3.05, 3.63) is 12.2 Å². The summed E-state index contributed by atoms with van der Waals surface area (Å²) >= 11 is 0. The maximum absolute atomic E-state index is 10.0. The predicted molar refractivity (Wildman–Crippen MR) is 86.4 cm³/mol. The number of ether oxygens (including phenoxy) is 2. The van der Waals surface area contributed by atoms with Crippen molar-refractivity contribution in [3.8, 4) is 0 Å². The van der Waals surface area contributed by atoms with Gasteiger partial charge in [0.2, 0.25) is 0 Å². The molecule has 0 radical (unpaired) electrons. The van der Waals surface area contributed by atoms with Crippen LogP contribution in [0.25, 0.3) is 0 Å². The van der Waals surface area contributed by atoms with Crippen LogP contribution in [0.15, 0.2) is 12.2 Å². The summed E-state index contributed by atoms with van der Waals surface area (Å²) in [5, 5.41) is 67.7. The van der Waals surface area contributed by atoms with Gasteiger partial charge in [-0.05, 0) is 32.3 Å². The van der Waals surface area contributed by atoms with Crippen molar-refractivity contribution in [1.29, 1.82) is 0 Å². The van der Waals surface area contributed by atoms with Crippen LogP contribution in [0.1, 0.15) is 26.7 Å². The van der Waals surface area contributed by atoms with Gasteiger partial charge in [-0.3, -0.25) is 0 Å². The predicted octanol–water partition coefficient (Wildman–Crippen LogP) is -2.37. The third-order valence-electron chi connectivity index (χ3n) is 4.29. The number of aliphatic hydroxyl groups is 7. The first-order valence-corrected chi connectivity index (χ1v) is 8.17. The van der Waals surface area contributed by atoms with Crippen LogP contribution in [0.3, 0.4) is 0 Å². The van der Waals surface area contributed by atoms with E-state index in [1.54, 1.807) is 0 Å². The highest BCUT2D eigenvalue weighted by Gasteiger charge is 2.44. The number of aliphatic hydroxyl groups excluding tert-OH is 6. The fourth-order valence-electron chi connectivity index (χ4n) is 2.35. The van der Waals surface area contributed by atoms with Crippen LogP contribution in [0.4, 0.5) is 0 Å². The third kappa shape index (κ3) is 6.24. The van der Waals surface area contributed by atoms with E-state index in [0.717, 1.165) is 0 Å². The van der Waals surface area contributed by atoms with Crippen molar-refractivity contribution in [2.24, 2.45) is 0 Å². The van der Waals surface area contributed by atoms with Crippen LogP contribution in [0, 0.1) is 0 Å². The second-order valence-electron chi connectivity index (χ2n) is 6.91. The van der Waals surface area contributed by atoms with Gasteiger partial charge in [0.1, 0.15) is 24.4 Å². The summed E-state index contributed by atoms with van der Waals surface area (Å²) in [5.41, 5.74) is -0.911. The quantitative estimate of drug-likeness (QED) is 0.221. The molecule has 1 rings (SSSR count). The molecule has 0 saturated carbocycles. The Morgan fingerprint density at radius 2 is 1.76 bits per heavy atom. The van der Waals surface area contributed by atoms with E-state index in [1.165, 1.54) is 13.8 Å². The molecule has 1 aliphatic heterocycles. The lowest BCUT2D eigenvalue weighted by atomic mass is 9.94. The molecule has 9 nitrogen and oxygen atoms in total. The zero-order chi connectivity index (χ0) is 19.4. The highest BCUT2D eigenvalue weighted by Crippen LogP contribution is 2.23. The molecular formula is C16H30O9. The number of hydrogen-bond donors (Lipinski definition) is 7. The lowest BCUT2D eigenvalue weighted by molar-refractivity contribution is -0.303. The molecule has 0 bridgehead atoms. The van der Waals surface area contributed by atoms with Gasteiger partial charge < -0.3 is 45.2 Å². The Kier molecular flexibility index (Phi) is 8.39. The minimum atomic E-state index is -1.56. The molecule has 0 aromatic carbocycles. The molecule has 7 unspecified atom stereocenters. The van der Waals surface area contributed by atoms with Crippen LogP contribution in [0.5, 0.6) is 0 Å². The molecule has 148 valence electrons. The zero-order valence-electron chi connectivity index (χ0n) is 14.5. The Bertz CT molecular complexity index is 420. The standard InChI is InChI=1S/C16H30O9/c1-8(4-5-11(19)16(2,3)23)9(18)7-24-15-14(22)13(21)12(20)10(6-17)25-15/h9-15,17-23H,1,4-7H2,2-3H3. The molecule has 9 heteroatoms. The summed E-state index contributed by atoms with van der Waals surface area (Å²) in [6, 6.07) is 0. The van der Waals surface area contributed by atoms with E-state index >= 15 is 0 Å². The maximum atomic E-state index is 10.0. The first kappa shape index (κ1) is 22.4. The van der Waals surface area contributed by atoms with Gasteiger partial charge in [0.15, 0.2) is 6.29 Å². The normalized spacial score (nSPS) is 33.1. The summed E-state index contributed by atoms with van der Waals surface area (Å²) in [6.07, 6.45) is -8.68. The topological polar surface area (TPSA) is 160 Å². The Morgan fingerprint density at radius 3 is 2.28 bits per heavy atom. The van der Waals surface area contributed by atoms with Gasteiger partial charge >= 0.3 is 0 Å². The molecule has 7 atom stereocenters. The van der Waals surface area contributed by atoms with Gasteiger partial charge in [-0.15, -0.1) is 0 Å². The molecular weight excluding hydrogens is 336 g/mol. The SMILES string of the molecule is C=C(CCC(O)C(C)(C)O)C(O)COC1OC(CO)C(O)C(O)C1O. The summed E-state index contributed by atoms with van der Waals surface area (Å²) in [7, 11) is 0. The van der Waals surface area contributed by atoms with E-state index < -0.39 is 55.1 Å². The molecule has 7 N–H and O–H groups in total. The Labute approximate surface area is 146 Å². The van der Waals surface area contributed by atoms with Gasteiger partial charge in [-0.25, -0.2) is 0 Å². The van der Waals surface area contributed by atoms with E-state index in [9.17, 15) is 30.6 Å². The molecule has 25 heavy (non-hydrogen) atoms. The van der Waals surface area contributed by atoms with Gasteiger partial charge in [0, 0.05) is 0 Å². The second-order valence-corrected chi connectivity index (χ2v) is 6.91. The summed E-state index contributed by atoms with van der Waals surface area (Å²) in [4.78, 5) is 0. The Hall–Kier alpha value is -0.620. The van der Waals surface area contributed by atoms with Crippen LogP contribution in [0.2, 0.25) is 0 Å². The van der Waals surface area contributed by atoms with E-state index in [4.69, 9.17) is 14.6 Å². The lowest BCUT2D eigenvalue weighted by Crippen LogP contribution is -2.59. The molecule has 0 amide bonds. The molecule has 0 aromatic heterocycles. The van der Waals surface area contributed by atoms with E-state index in [0.29, 0.717) is 5.57 Å². The lowest BCUT2D eigenvalue weighted by Gasteiger charge is -2.39. The summed E-state index contributed by atoms with van der Waals surface area (Å²) in [5.74, 6) is 0. The largest absolute Gasteiger partial charge is 0.394 e. The molecule has 1 aliphatic rings. The minimum Gasteiger partial charge on any atom is -0.394 e. The molecule has 1 saturated heterocycles. The van der Waals surface area contributed by atoms with Crippen molar-refractivity contribution in [3.63, 3.8) is 0 Å². The Balaban J connectivity index is 2.46. The highest BCUT2D eigenvalue weighted by atomic mass is 16.7. The zero-order valence-corrected chi connectivity index (χ0v) is 14.5. The van der Waals surface area contributed by atoms with Crippen molar-refractivity contribution < 1.29 is 45.2 Å². The monoisotopic (exact) mass is 366 g/mol. The molecule has 0 aliphatic carbocycles. The van der Waals surface area contributed by atoms with Crippen molar-refractivity contribution in [2.45, 2.75) is 75.2 Å². The molecule has 0 spiro atoms. The average Bonchev–Trinajstić information content (AvgIpc) is 2.55. The number of rotatable bonds is 9. The number of hydrogen-bond acceptors (Lipinski definition) is 9. The molecule has 1 fully saturated rings. The summed E-state index contributed by atoms with van der Waals surface area (Å²) < 4.78 is 10.4. The maximum Gasteiger partial charge on any atom is 0.186 e. The molecule has 0 aromatic rings. The van der Waals surface area contributed by atoms with Gasteiger partial charge in [-0.2, -0.15) is 0 Å². The highest BCUT2D eigenvalue weighted by molar-refractivity contribution is 5.02. The van der Waals surface area contributed by atoms with Crippen LogP contribution in [-0.2, 0) is 9.47 Å². The van der Waals surface area contributed by atoms with Gasteiger partial charge in [-0.1, -0.05) is 6.58 Å². The van der Waals surface area contributed by atoms with Gasteiger partial charge in [0.25, 0.3) is 0 Å². The van der Waals surface area contributed by atoms with E-state index in [2.05, 4.69) is 6.58 Å². The smallest absolute Gasteiger partial charge is 0.186 e. The Morgan fingerprint density at radius 1 is 1.16 bits per heavy atom. The van der Waals surface area contributed by atoms with E-state index in [-0.39, 0.29) is 19.4 Å². The van der Waals surface area contributed by atoms with E-state index in [1.807, 2.05) is 0 Å². The first-order chi connectivity index (χ1) is 11.5. The average molecular weight is 366 g/mol. The minimum absolute atomic E-state index is 0.194. The van der Waals surface area contributed by atoms with Crippen molar-refractivity contribution in [1.82, 2.24) is 0 Å². The summed E-state index contributed by atoms with van der Waals surface area (Å²) in [6.45, 7) is 5.76. The second kappa shape index (κ2) is 9.36. The first-order valence-electron chi connectivity index (χ1n) is 8.17. The van der Waals surface area contributed by atoms with Crippen LogP contribution >= 0.6 is 0 Å². The molecule has 1 heterocycles. The van der Waals surface area contributed by atoms with Crippen LogP contribution < -0.4 is 0 Å². The van der Waals surface area contributed by atoms with Crippen molar-refractivity contribution in [2.75, 3.05) is 13.2 Å².